The van der Waals surface area contributed by atoms with Crippen LogP contribution in [-0.4, -0.2) is 23.2 Å². The van der Waals surface area contributed by atoms with Gasteiger partial charge in [0.15, 0.2) is 0 Å². The molecule has 1 aliphatic rings. The van der Waals surface area contributed by atoms with E-state index in [1.807, 2.05) is 0 Å². The van der Waals surface area contributed by atoms with Gasteiger partial charge in [-0.3, -0.25) is 14.9 Å². The maximum Gasteiger partial charge on any atom is 0.316 e. The number of ether oxygens (including phenoxy) is 1. The smallest absolute Gasteiger partial charge is 0.316 e. The summed E-state index contributed by atoms with van der Waals surface area (Å²) in [4.78, 5) is 21.7. The predicted octanol–water partition coefficient (Wildman–Crippen LogP) is 2.20. The molecule has 1 N–H and O–H groups in total. The number of nitrogens with zero attached hydrogens (tertiary/aromatic N) is 1. The first-order chi connectivity index (χ1) is 8.97. The molecule has 1 heterocycles. The number of halogens is 2. The number of nitrogens with one attached hydrogen (secondary N) is 1. The zero-order valence-electron chi connectivity index (χ0n) is 9.64. The molecule has 19 heavy (non-hydrogen) atoms. The Morgan fingerprint density at radius 3 is 2.84 bits per heavy atom. The standard InChI is InChI=1S/C11H10ClFN2O4/c12-7-5-6(1-2-8(7)13)14-11(16)9-3-4-10(19-9)15(17)18/h1-2,5,9-10H,3-4H2,(H,14,16). The van der Waals surface area contributed by atoms with E-state index in [-0.39, 0.29) is 17.9 Å². The lowest BCUT2D eigenvalue weighted by molar-refractivity contribution is -0.570. The van der Waals surface area contributed by atoms with Gasteiger partial charge in [-0.05, 0) is 24.6 Å². The molecule has 0 saturated carbocycles. The summed E-state index contributed by atoms with van der Waals surface area (Å²) in [5, 5.41) is 12.9. The SMILES string of the molecule is O=C(Nc1ccc(F)c(Cl)c1)C1CCC([N+](=O)[O-])O1. The van der Waals surface area contributed by atoms with Crippen molar-refractivity contribution in [3.8, 4) is 0 Å². The summed E-state index contributed by atoms with van der Waals surface area (Å²) >= 11 is 5.57. The molecule has 102 valence electrons. The summed E-state index contributed by atoms with van der Waals surface area (Å²) in [6, 6.07) is 3.72. The fourth-order valence-corrected chi connectivity index (χ4v) is 1.94. The van der Waals surface area contributed by atoms with Crippen molar-refractivity contribution in [1.82, 2.24) is 0 Å². The lowest BCUT2D eigenvalue weighted by Crippen LogP contribution is -2.29. The van der Waals surface area contributed by atoms with E-state index in [4.69, 9.17) is 16.3 Å². The Hall–Kier alpha value is -1.73. The van der Waals surface area contributed by atoms with Gasteiger partial charge in [0, 0.05) is 12.1 Å². The van der Waals surface area contributed by atoms with Crippen LogP contribution in [0, 0.1) is 15.9 Å². The monoisotopic (exact) mass is 288 g/mol. The van der Waals surface area contributed by atoms with Gasteiger partial charge in [0.05, 0.1) is 9.95 Å². The Morgan fingerprint density at radius 1 is 1.53 bits per heavy atom. The molecule has 0 bridgehead atoms. The maximum atomic E-state index is 12.9. The van der Waals surface area contributed by atoms with Crippen LogP contribution in [0.3, 0.4) is 0 Å². The number of nitro groups is 1. The molecule has 1 aromatic rings. The third-order valence-electron chi connectivity index (χ3n) is 2.71. The Labute approximate surface area is 112 Å². The van der Waals surface area contributed by atoms with Gasteiger partial charge >= 0.3 is 6.23 Å². The Bertz CT molecular complexity index is 525. The second-order valence-corrected chi connectivity index (χ2v) is 4.47. The van der Waals surface area contributed by atoms with Gasteiger partial charge in [-0.15, -0.1) is 0 Å². The van der Waals surface area contributed by atoms with Crippen LogP contribution in [0.4, 0.5) is 10.1 Å². The second-order valence-electron chi connectivity index (χ2n) is 4.06. The average molecular weight is 289 g/mol. The third-order valence-corrected chi connectivity index (χ3v) is 3.00. The van der Waals surface area contributed by atoms with Crippen molar-refractivity contribution in [3.05, 3.63) is 39.2 Å². The summed E-state index contributed by atoms with van der Waals surface area (Å²) < 4.78 is 17.9. The van der Waals surface area contributed by atoms with Gasteiger partial charge in [0.25, 0.3) is 5.91 Å². The molecule has 0 aliphatic carbocycles. The predicted molar refractivity (Wildman–Crippen MR) is 64.9 cm³/mol. The van der Waals surface area contributed by atoms with Crippen molar-refractivity contribution in [2.75, 3.05) is 5.32 Å². The first kappa shape index (κ1) is 13.7. The molecule has 2 rings (SSSR count). The number of rotatable bonds is 3. The number of anilines is 1. The number of carbonyl (C=O) groups excluding carboxylic acids is 1. The summed E-state index contributed by atoms with van der Waals surface area (Å²) in [6.07, 6.45) is -1.56. The molecular formula is C11H10ClFN2O4. The molecule has 0 radical (unpaired) electrons. The van der Waals surface area contributed by atoms with E-state index in [0.29, 0.717) is 5.69 Å². The third kappa shape index (κ3) is 3.18. The number of carbonyl (C=O) groups is 1. The van der Waals surface area contributed by atoms with Gasteiger partial charge in [-0.25, -0.2) is 4.39 Å². The molecule has 6 nitrogen and oxygen atoms in total. The zero-order valence-corrected chi connectivity index (χ0v) is 10.4. The minimum absolute atomic E-state index is 0.117. The molecule has 1 fully saturated rings. The van der Waals surface area contributed by atoms with Crippen molar-refractivity contribution in [3.63, 3.8) is 0 Å². The van der Waals surface area contributed by atoms with E-state index in [0.717, 1.165) is 6.07 Å². The zero-order chi connectivity index (χ0) is 14.0. The lowest BCUT2D eigenvalue weighted by Gasteiger charge is -2.10. The fraction of sp³-hybridized carbons (Fsp3) is 0.364. The van der Waals surface area contributed by atoms with Crippen molar-refractivity contribution in [1.29, 1.82) is 0 Å². The molecule has 0 aromatic heterocycles. The summed E-state index contributed by atoms with van der Waals surface area (Å²) in [5.74, 6) is -1.10. The molecule has 1 aliphatic heterocycles. The number of benzene rings is 1. The summed E-state index contributed by atoms with van der Waals surface area (Å²) in [6.45, 7) is 0. The van der Waals surface area contributed by atoms with Gasteiger partial charge in [-0.1, -0.05) is 11.6 Å². The van der Waals surface area contributed by atoms with Crippen LogP contribution in [0.5, 0.6) is 0 Å². The van der Waals surface area contributed by atoms with Crippen molar-refractivity contribution in [2.45, 2.75) is 25.2 Å². The van der Waals surface area contributed by atoms with Crippen LogP contribution in [0.25, 0.3) is 0 Å². The van der Waals surface area contributed by atoms with Crippen molar-refractivity contribution >= 4 is 23.2 Å². The quantitative estimate of drug-likeness (QED) is 0.683. The van der Waals surface area contributed by atoms with E-state index < -0.39 is 29.0 Å². The van der Waals surface area contributed by atoms with E-state index in [2.05, 4.69) is 5.32 Å². The number of hydrogen-bond donors (Lipinski definition) is 1. The van der Waals surface area contributed by atoms with Gasteiger partial charge in [0.1, 0.15) is 11.9 Å². The van der Waals surface area contributed by atoms with Crippen molar-refractivity contribution < 1.29 is 18.8 Å². The molecule has 2 unspecified atom stereocenters. The highest BCUT2D eigenvalue weighted by Gasteiger charge is 2.37. The average Bonchev–Trinajstić information content (AvgIpc) is 2.83. The molecule has 1 saturated heterocycles. The van der Waals surface area contributed by atoms with Gasteiger partial charge < -0.3 is 10.1 Å². The Kier molecular flexibility index (Phi) is 3.96. The Balaban J connectivity index is 1.98. The first-order valence-electron chi connectivity index (χ1n) is 5.52. The van der Waals surface area contributed by atoms with E-state index in [1.165, 1.54) is 12.1 Å². The molecule has 8 heteroatoms. The normalized spacial score (nSPS) is 22.2. The van der Waals surface area contributed by atoms with Gasteiger partial charge in [0.2, 0.25) is 0 Å². The second kappa shape index (κ2) is 5.50. The largest absolute Gasteiger partial charge is 0.324 e. The molecular weight excluding hydrogens is 279 g/mol. The molecule has 0 spiro atoms. The molecule has 1 amide bonds. The Morgan fingerprint density at radius 2 is 2.26 bits per heavy atom. The van der Waals surface area contributed by atoms with Gasteiger partial charge in [-0.2, -0.15) is 0 Å². The number of hydrogen-bond acceptors (Lipinski definition) is 4. The van der Waals surface area contributed by atoms with Crippen LogP contribution < -0.4 is 5.32 Å². The lowest BCUT2D eigenvalue weighted by atomic mass is 10.2. The van der Waals surface area contributed by atoms with Crippen molar-refractivity contribution in [2.24, 2.45) is 0 Å². The minimum Gasteiger partial charge on any atom is -0.324 e. The van der Waals surface area contributed by atoms with E-state index in [1.54, 1.807) is 0 Å². The van der Waals surface area contributed by atoms with Crippen LogP contribution in [-0.2, 0) is 9.53 Å². The highest BCUT2D eigenvalue weighted by Crippen LogP contribution is 2.23. The van der Waals surface area contributed by atoms with E-state index >= 15 is 0 Å². The summed E-state index contributed by atoms with van der Waals surface area (Å²) in [7, 11) is 0. The van der Waals surface area contributed by atoms with Crippen LogP contribution in [0.2, 0.25) is 5.02 Å². The highest BCUT2D eigenvalue weighted by atomic mass is 35.5. The maximum absolute atomic E-state index is 12.9. The van der Waals surface area contributed by atoms with Crippen LogP contribution in [0.15, 0.2) is 18.2 Å². The van der Waals surface area contributed by atoms with Crippen LogP contribution in [0.1, 0.15) is 12.8 Å². The van der Waals surface area contributed by atoms with Crippen LogP contribution >= 0.6 is 11.6 Å². The topological polar surface area (TPSA) is 81.5 Å². The highest BCUT2D eigenvalue weighted by molar-refractivity contribution is 6.31. The minimum atomic E-state index is -1.15. The summed E-state index contributed by atoms with van der Waals surface area (Å²) in [5.41, 5.74) is 0.310. The van der Waals surface area contributed by atoms with E-state index in [9.17, 15) is 19.3 Å². The molecule has 1 aromatic carbocycles. The number of amides is 1. The first-order valence-corrected chi connectivity index (χ1v) is 5.90. The fourth-order valence-electron chi connectivity index (χ4n) is 1.76. The molecule has 2 atom stereocenters.